The summed E-state index contributed by atoms with van der Waals surface area (Å²) in [6.07, 6.45) is 3.98. The summed E-state index contributed by atoms with van der Waals surface area (Å²) in [6, 6.07) is 5.50. The number of amides is 1. The smallest absolute Gasteiger partial charge is 0.251 e. The predicted octanol–water partition coefficient (Wildman–Crippen LogP) is 1.68. The number of ether oxygens (including phenoxy) is 1. The molecule has 2 heterocycles. The summed E-state index contributed by atoms with van der Waals surface area (Å²) < 4.78 is 6.00. The highest BCUT2D eigenvalue weighted by Gasteiger charge is 2.42. The van der Waals surface area contributed by atoms with Crippen LogP contribution in [0.2, 0.25) is 0 Å². The third kappa shape index (κ3) is 3.08. The Morgan fingerprint density at radius 3 is 2.91 bits per heavy atom. The maximum atomic E-state index is 12.5. The van der Waals surface area contributed by atoms with Gasteiger partial charge in [0.1, 0.15) is 5.75 Å². The number of fused-ring (bicyclic) bond motifs is 1. The molecule has 3 aliphatic rings. The lowest BCUT2D eigenvalue weighted by Gasteiger charge is -2.35. The second-order valence-electron chi connectivity index (χ2n) is 7.22. The van der Waals surface area contributed by atoms with E-state index in [1.165, 1.54) is 12.8 Å². The van der Waals surface area contributed by atoms with Crippen LogP contribution in [-0.4, -0.2) is 53.8 Å². The van der Waals surface area contributed by atoms with Gasteiger partial charge in [0.25, 0.3) is 5.91 Å². The van der Waals surface area contributed by atoms with Crippen molar-refractivity contribution in [1.29, 1.82) is 0 Å². The van der Waals surface area contributed by atoms with E-state index in [9.17, 15) is 9.90 Å². The molecule has 124 valence electrons. The summed E-state index contributed by atoms with van der Waals surface area (Å²) in [5.74, 6) is 0.913. The number of nitrogens with one attached hydrogen (secondary N) is 1. The minimum atomic E-state index is -0.0491. The van der Waals surface area contributed by atoms with Gasteiger partial charge in [-0.2, -0.15) is 0 Å². The third-order valence-electron chi connectivity index (χ3n) is 5.38. The van der Waals surface area contributed by atoms with Gasteiger partial charge in [-0.05, 0) is 55.9 Å². The number of benzene rings is 1. The molecule has 2 N–H and O–H groups in total. The van der Waals surface area contributed by atoms with Crippen LogP contribution in [0, 0.1) is 12.8 Å². The Balaban J connectivity index is 1.37. The Morgan fingerprint density at radius 1 is 1.35 bits per heavy atom. The van der Waals surface area contributed by atoms with Crippen LogP contribution in [-0.2, 0) is 4.74 Å². The van der Waals surface area contributed by atoms with E-state index in [0.717, 1.165) is 37.6 Å². The molecule has 1 saturated carbocycles. The van der Waals surface area contributed by atoms with Gasteiger partial charge in [0.05, 0.1) is 12.7 Å². The molecular weight excluding hydrogens is 292 g/mol. The van der Waals surface area contributed by atoms with Gasteiger partial charge in [0.15, 0.2) is 0 Å². The minimum Gasteiger partial charge on any atom is -0.508 e. The van der Waals surface area contributed by atoms with Gasteiger partial charge in [-0.25, -0.2) is 0 Å². The number of aryl methyl sites for hydroxylation is 1. The van der Waals surface area contributed by atoms with Gasteiger partial charge < -0.3 is 15.2 Å². The fourth-order valence-electron chi connectivity index (χ4n) is 3.92. The molecule has 5 nitrogen and oxygen atoms in total. The Labute approximate surface area is 136 Å². The molecule has 0 bridgehead atoms. The molecule has 0 radical (unpaired) electrons. The van der Waals surface area contributed by atoms with Gasteiger partial charge in [-0.3, -0.25) is 9.69 Å². The van der Waals surface area contributed by atoms with Crippen molar-refractivity contribution in [2.24, 2.45) is 5.92 Å². The Hall–Kier alpha value is -1.59. The van der Waals surface area contributed by atoms with Crippen LogP contribution in [0.1, 0.15) is 35.2 Å². The number of phenolic OH excluding ortho intramolecular Hbond substituents is 1. The van der Waals surface area contributed by atoms with Gasteiger partial charge in [-0.1, -0.05) is 0 Å². The summed E-state index contributed by atoms with van der Waals surface area (Å²) >= 11 is 0. The zero-order valence-electron chi connectivity index (χ0n) is 13.5. The topological polar surface area (TPSA) is 61.8 Å². The number of carbonyl (C=O) groups is 1. The van der Waals surface area contributed by atoms with Gasteiger partial charge in [-0.15, -0.1) is 0 Å². The number of rotatable bonds is 3. The number of hydrogen-bond donors (Lipinski definition) is 2. The van der Waals surface area contributed by atoms with E-state index >= 15 is 0 Å². The summed E-state index contributed by atoms with van der Waals surface area (Å²) in [7, 11) is 0. The van der Waals surface area contributed by atoms with Crippen LogP contribution in [0.25, 0.3) is 0 Å². The van der Waals surface area contributed by atoms with Gasteiger partial charge in [0.2, 0.25) is 0 Å². The second kappa shape index (κ2) is 5.80. The number of carbonyl (C=O) groups excluding carboxylic acids is 1. The molecule has 5 heteroatoms. The maximum absolute atomic E-state index is 12.5. The van der Waals surface area contributed by atoms with E-state index in [0.29, 0.717) is 17.7 Å². The van der Waals surface area contributed by atoms with E-state index in [-0.39, 0.29) is 17.7 Å². The monoisotopic (exact) mass is 316 g/mol. The highest BCUT2D eigenvalue weighted by atomic mass is 16.5. The summed E-state index contributed by atoms with van der Waals surface area (Å²) in [5, 5.41) is 12.6. The molecule has 1 aromatic rings. The molecule has 3 fully saturated rings. The average Bonchev–Trinajstić information content (AvgIpc) is 3.27. The van der Waals surface area contributed by atoms with Crippen LogP contribution in [0.15, 0.2) is 18.2 Å². The van der Waals surface area contributed by atoms with Crippen LogP contribution in [0.5, 0.6) is 5.75 Å². The standard InChI is InChI=1S/C18H24N2O3/c1-11-6-15(21)4-5-16(11)18(22)19-13-7-14-10-23-17(12-2-3-12)9-20(14)8-13/h4-6,12-14,17,21H,2-3,7-10H2,1H3,(H,19,22)/t13-,14+,17-/m1/s1. The first-order valence-electron chi connectivity index (χ1n) is 8.56. The number of aromatic hydroxyl groups is 1. The molecule has 1 amide bonds. The minimum absolute atomic E-state index is 0.0491. The lowest BCUT2D eigenvalue weighted by Crippen LogP contribution is -2.47. The molecule has 3 atom stereocenters. The molecular formula is C18H24N2O3. The molecule has 0 unspecified atom stereocenters. The van der Waals surface area contributed by atoms with Gasteiger partial charge in [0, 0.05) is 30.7 Å². The molecule has 0 spiro atoms. The van der Waals surface area contributed by atoms with Crippen molar-refractivity contribution in [2.45, 2.75) is 44.4 Å². The van der Waals surface area contributed by atoms with E-state index in [4.69, 9.17) is 4.74 Å². The highest BCUT2D eigenvalue weighted by molar-refractivity contribution is 5.96. The average molecular weight is 316 g/mol. The number of morpholine rings is 1. The summed E-state index contributed by atoms with van der Waals surface area (Å²) in [4.78, 5) is 15.0. The first-order chi connectivity index (χ1) is 11.1. The molecule has 1 aliphatic carbocycles. The number of nitrogens with zero attached hydrogens (tertiary/aromatic N) is 1. The second-order valence-corrected chi connectivity index (χ2v) is 7.22. The normalized spacial score (nSPS) is 30.9. The van der Waals surface area contributed by atoms with Crippen LogP contribution in [0.4, 0.5) is 0 Å². The lowest BCUT2D eigenvalue weighted by molar-refractivity contribution is -0.0581. The van der Waals surface area contributed by atoms with E-state index in [1.807, 2.05) is 6.92 Å². The molecule has 2 aliphatic heterocycles. The Kier molecular flexibility index (Phi) is 3.77. The number of phenols is 1. The van der Waals surface area contributed by atoms with Crippen molar-refractivity contribution in [3.63, 3.8) is 0 Å². The zero-order valence-corrected chi connectivity index (χ0v) is 13.5. The van der Waals surface area contributed by atoms with Crippen LogP contribution < -0.4 is 5.32 Å². The largest absolute Gasteiger partial charge is 0.508 e. The van der Waals surface area contributed by atoms with Crippen molar-refractivity contribution >= 4 is 5.91 Å². The lowest BCUT2D eigenvalue weighted by atomic mass is 10.1. The molecule has 1 aromatic carbocycles. The highest BCUT2D eigenvalue weighted by Crippen LogP contribution is 2.37. The quantitative estimate of drug-likeness (QED) is 0.891. The summed E-state index contributed by atoms with van der Waals surface area (Å²) in [6.45, 7) is 4.58. The molecule has 23 heavy (non-hydrogen) atoms. The predicted molar refractivity (Wildman–Crippen MR) is 86.5 cm³/mol. The molecule has 4 rings (SSSR count). The zero-order chi connectivity index (χ0) is 16.0. The SMILES string of the molecule is Cc1cc(O)ccc1C(=O)N[C@@H]1C[C@H]2CO[C@@H](C3CC3)CN2C1. The molecule has 0 aromatic heterocycles. The Bertz CT molecular complexity index is 614. The fraction of sp³-hybridized carbons (Fsp3) is 0.611. The third-order valence-corrected chi connectivity index (χ3v) is 5.38. The van der Waals surface area contributed by atoms with Crippen LogP contribution >= 0.6 is 0 Å². The molecule has 2 saturated heterocycles. The van der Waals surface area contributed by atoms with Crippen molar-refractivity contribution in [3.8, 4) is 5.75 Å². The van der Waals surface area contributed by atoms with Crippen molar-refractivity contribution in [3.05, 3.63) is 29.3 Å². The first-order valence-corrected chi connectivity index (χ1v) is 8.56. The van der Waals surface area contributed by atoms with E-state index < -0.39 is 0 Å². The van der Waals surface area contributed by atoms with Crippen LogP contribution in [0.3, 0.4) is 0 Å². The van der Waals surface area contributed by atoms with Crippen molar-refractivity contribution < 1.29 is 14.6 Å². The van der Waals surface area contributed by atoms with E-state index in [1.54, 1.807) is 18.2 Å². The number of hydrogen-bond acceptors (Lipinski definition) is 4. The fourth-order valence-corrected chi connectivity index (χ4v) is 3.92. The van der Waals surface area contributed by atoms with Crippen molar-refractivity contribution in [1.82, 2.24) is 10.2 Å². The van der Waals surface area contributed by atoms with Crippen molar-refractivity contribution in [2.75, 3.05) is 19.7 Å². The van der Waals surface area contributed by atoms with E-state index in [2.05, 4.69) is 10.2 Å². The Morgan fingerprint density at radius 2 is 2.17 bits per heavy atom. The van der Waals surface area contributed by atoms with Gasteiger partial charge >= 0.3 is 0 Å². The summed E-state index contributed by atoms with van der Waals surface area (Å²) in [5.41, 5.74) is 1.44. The first kappa shape index (κ1) is 15.0. The maximum Gasteiger partial charge on any atom is 0.251 e.